The highest BCUT2D eigenvalue weighted by atomic mass is 16.2. The van der Waals surface area contributed by atoms with E-state index in [2.05, 4.69) is 34.9 Å². The summed E-state index contributed by atoms with van der Waals surface area (Å²) in [7, 11) is 0. The van der Waals surface area contributed by atoms with Crippen LogP contribution in [0.3, 0.4) is 0 Å². The average Bonchev–Trinajstić information content (AvgIpc) is 2.38. The number of carbonyl (C=O) groups is 1. The lowest BCUT2D eigenvalue weighted by Crippen LogP contribution is -2.93. The zero-order valence-electron chi connectivity index (χ0n) is 12.1. The third-order valence-electron chi connectivity index (χ3n) is 3.78. The van der Waals surface area contributed by atoms with E-state index in [4.69, 9.17) is 0 Å². The standard InChI is InChI=1S/C16H24N2O/c1-11(2)17-16(19)12(3)18-15-10-6-8-13-7-4-5-9-14(13)15/h4-5,7,9,11-12,15,18H,6,8,10H2,1-3H3,(H,17,19)/p+1/t12-,15+/m0/s1. The Labute approximate surface area is 115 Å². The van der Waals surface area contributed by atoms with Crippen LogP contribution in [0.2, 0.25) is 0 Å². The Bertz CT molecular complexity index is 442. The van der Waals surface area contributed by atoms with Gasteiger partial charge in [0.25, 0.3) is 5.91 Å². The summed E-state index contributed by atoms with van der Waals surface area (Å²) in [6.07, 6.45) is 3.56. The Morgan fingerprint density at radius 1 is 1.32 bits per heavy atom. The van der Waals surface area contributed by atoms with Gasteiger partial charge < -0.3 is 10.6 Å². The molecule has 0 bridgehead atoms. The van der Waals surface area contributed by atoms with Crippen molar-refractivity contribution in [3.05, 3.63) is 35.4 Å². The summed E-state index contributed by atoms with van der Waals surface area (Å²) in [5, 5.41) is 5.20. The number of amides is 1. The maximum Gasteiger partial charge on any atom is 0.278 e. The van der Waals surface area contributed by atoms with Gasteiger partial charge >= 0.3 is 0 Å². The molecule has 2 atom stereocenters. The molecule has 0 saturated heterocycles. The Kier molecular flexibility index (Phi) is 4.59. The molecule has 0 unspecified atom stereocenters. The number of benzene rings is 1. The molecule has 1 aliphatic rings. The number of aryl methyl sites for hydroxylation is 1. The Balaban J connectivity index is 2.02. The van der Waals surface area contributed by atoms with E-state index in [1.807, 2.05) is 20.8 Å². The minimum atomic E-state index is -0.0291. The summed E-state index contributed by atoms with van der Waals surface area (Å²) in [6.45, 7) is 6.00. The molecular weight excluding hydrogens is 236 g/mol. The Morgan fingerprint density at radius 3 is 2.79 bits per heavy atom. The van der Waals surface area contributed by atoms with Gasteiger partial charge in [0, 0.05) is 18.0 Å². The zero-order chi connectivity index (χ0) is 13.8. The van der Waals surface area contributed by atoms with Crippen molar-refractivity contribution in [3.8, 4) is 0 Å². The minimum Gasteiger partial charge on any atom is -0.349 e. The molecule has 0 aromatic heterocycles. The van der Waals surface area contributed by atoms with Gasteiger partial charge in [-0.15, -0.1) is 0 Å². The molecule has 0 saturated carbocycles. The first-order valence-electron chi connectivity index (χ1n) is 7.31. The molecule has 1 aromatic rings. The van der Waals surface area contributed by atoms with E-state index in [1.54, 1.807) is 0 Å². The normalized spacial score (nSPS) is 19.9. The topological polar surface area (TPSA) is 45.7 Å². The van der Waals surface area contributed by atoms with E-state index in [9.17, 15) is 4.79 Å². The fourth-order valence-corrected chi connectivity index (χ4v) is 2.84. The van der Waals surface area contributed by atoms with Crippen molar-refractivity contribution in [1.82, 2.24) is 5.32 Å². The molecule has 0 spiro atoms. The van der Waals surface area contributed by atoms with Crippen molar-refractivity contribution in [3.63, 3.8) is 0 Å². The minimum absolute atomic E-state index is 0.0291. The molecule has 3 N–H and O–H groups in total. The van der Waals surface area contributed by atoms with Gasteiger partial charge in [-0.3, -0.25) is 4.79 Å². The summed E-state index contributed by atoms with van der Waals surface area (Å²) >= 11 is 0. The van der Waals surface area contributed by atoms with E-state index < -0.39 is 0 Å². The molecule has 0 fully saturated rings. The largest absolute Gasteiger partial charge is 0.349 e. The SMILES string of the molecule is CC(C)NC(=O)[C@H](C)[NH2+][C@@H]1CCCc2ccccc21. The molecular formula is C16H25N2O+. The highest BCUT2D eigenvalue weighted by Crippen LogP contribution is 2.26. The molecule has 0 aliphatic heterocycles. The fourth-order valence-electron chi connectivity index (χ4n) is 2.84. The number of quaternary nitrogens is 1. The van der Waals surface area contributed by atoms with Gasteiger partial charge in [-0.2, -0.15) is 0 Å². The quantitative estimate of drug-likeness (QED) is 0.848. The molecule has 1 aromatic carbocycles. The van der Waals surface area contributed by atoms with Crippen molar-refractivity contribution < 1.29 is 10.1 Å². The fraction of sp³-hybridized carbons (Fsp3) is 0.562. The third kappa shape index (κ3) is 3.57. The summed E-state index contributed by atoms with van der Waals surface area (Å²) < 4.78 is 0. The smallest absolute Gasteiger partial charge is 0.278 e. The van der Waals surface area contributed by atoms with Crippen LogP contribution in [-0.2, 0) is 11.2 Å². The van der Waals surface area contributed by atoms with Crippen LogP contribution in [0, 0.1) is 0 Å². The predicted octanol–water partition coefficient (Wildman–Crippen LogP) is 1.54. The molecule has 0 radical (unpaired) electrons. The van der Waals surface area contributed by atoms with Crippen LogP contribution in [0.4, 0.5) is 0 Å². The van der Waals surface area contributed by atoms with Gasteiger partial charge in [-0.05, 0) is 39.2 Å². The van der Waals surface area contributed by atoms with E-state index in [1.165, 1.54) is 24.0 Å². The van der Waals surface area contributed by atoms with Crippen LogP contribution in [0.5, 0.6) is 0 Å². The first kappa shape index (κ1) is 14.1. The summed E-state index contributed by atoms with van der Waals surface area (Å²) in [4.78, 5) is 12.0. The van der Waals surface area contributed by atoms with Gasteiger partial charge in [0.2, 0.25) is 0 Å². The second-order valence-corrected chi connectivity index (χ2v) is 5.84. The first-order valence-corrected chi connectivity index (χ1v) is 7.31. The van der Waals surface area contributed by atoms with E-state index in [-0.39, 0.29) is 18.0 Å². The highest BCUT2D eigenvalue weighted by molar-refractivity contribution is 5.80. The molecule has 2 rings (SSSR count). The first-order chi connectivity index (χ1) is 9.08. The molecule has 19 heavy (non-hydrogen) atoms. The maximum absolute atomic E-state index is 12.0. The molecule has 1 amide bonds. The lowest BCUT2D eigenvalue weighted by atomic mass is 9.87. The van der Waals surface area contributed by atoms with E-state index in [0.717, 1.165) is 6.42 Å². The average molecular weight is 261 g/mol. The van der Waals surface area contributed by atoms with Gasteiger partial charge in [0.15, 0.2) is 6.04 Å². The second-order valence-electron chi connectivity index (χ2n) is 5.84. The number of fused-ring (bicyclic) bond motifs is 1. The lowest BCUT2D eigenvalue weighted by molar-refractivity contribution is -0.714. The number of carbonyl (C=O) groups excluding carboxylic acids is 1. The third-order valence-corrected chi connectivity index (χ3v) is 3.78. The monoisotopic (exact) mass is 261 g/mol. The van der Waals surface area contributed by atoms with E-state index >= 15 is 0 Å². The number of nitrogens with two attached hydrogens (primary N) is 1. The number of nitrogens with one attached hydrogen (secondary N) is 1. The molecule has 0 heterocycles. The maximum atomic E-state index is 12.0. The van der Waals surface area contributed by atoms with Crippen molar-refractivity contribution in [2.24, 2.45) is 0 Å². The zero-order valence-corrected chi connectivity index (χ0v) is 12.1. The van der Waals surface area contributed by atoms with Crippen LogP contribution in [0.15, 0.2) is 24.3 Å². The van der Waals surface area contributed by atoms with Crippen molar-refractivity contribution in [2.45, 2.75) is 58.2 Å². The Hall–Kier alpha value is -1.35. The number of hydrogen-bond acceptors (Lipinski definition) is 1. The van der Waals surface area contributed by atoms with Crippen LogP contribution < -0.4 is 10.6 Å². The predicted molar refractivity (Wildman–Crippen MR) is 76.8 cm³/mol. The van der Waals surface area contributed by atoms with Crippen LogP contribution in [0.25, 0.3) is 0 Å². The molecule has 104 valence electrons. The summed E-state index contributed by atoms with van der Waals surface area (Å²) in [5.41, 5.74) is 2.87. The van der Waals surface area contributed by atoms with Gasteiger partial charge in [-0.1, -0.05) is 24.3 Å². The van der Waals surface area contributed by atoms with Gasteiger partial charge in [0.1, 0.15) is 6.04 Å². The van der Waals surface area contributed by atoms with Crippen molar-refractivity contribution >= 4 is 5.91 Å². The molecule has 3 heteroatoms. The number of hydrogen-bond donors (Lipinski definition) is 2. The summed E-state index contributed by atoms with van der Waals surface area (Å²) in [6, 6.07) is 9.25. The van der Waals surface area contributed by atoms with Crippen molar-refractivity contribution in [2.75, 3.05) is 0 Å². The summed E-state index contributed by atoms with van der Waals surface area (Å²) in [5.74, 6) is 0.137. The second kappa shape index (κ2) is 6.20. The molecule has 1 aliphatic carbocycles. The van der Waals surface area contributed by atoms with Gasteiger partial charge in [0.05, 0.1) is 0 Å². The van der Waals surface area contributed by atoms with Crippen molar-refractivity contribution in [1.29, 1.82) is 0 Å². The van der Waals surface area contributed by atoms with Gasteiger partial charge in [-0.25, -0.2) is 0 Å². The van der Waals surface area contributed by atoms with E-state index in [0.29, 0.717) is 6.04 Å². The Morgan fingerprint density at radius 2 is 2.05 bits per heavy atom. The van der Waals surface area contributed by atoms with Crippen LogP contribution >= 0.6 is 0 Å². The molecule has 3 nitrogen and oxygen atoms in total. The number of rotatable bonds is 4. The van der Waals surface area contributed by atoms with Crippen LogP contribution in [-0.4, -0.2) is 18.0 Å². The highest BCUT2D eigenvalue weighted by Gasteiger charge is 2.27. The lowest BCUT2D eigenvalue weighted by Gasteiger charge is -2.26. The van der Waals surface area contributed by atoms with Crippen LogP contribution in [0.1, 0.15) is 50.8 Å².